The van der Waals surface area contributed by atoms with Gasteiger partial charge in [-0.2, -0.15) is 0 Å². The van der Waals surface area contributed by atoms with Crippen molar-refractivity contribution in [2.75, 3.05) is 6.61 Å². The first kappa shape index (κ1) is 10.1. The topological polar surface area (TPSA) is 46.6 Å². The molecule has 4 nitrogen and oxygen atoms in total. The lowest BCUT2D eigenvalue weighted by Gasteiger charge is -2.10. The fourth-order valence-corrected chi connectivity index (χ4v) is 0.482. The lowest BCUT2D eigenvalue weighted by molar-refractivity contribution is -0.161. The van der Waals surface area contributed by atoms with E-state index in [1.54, 1.807) is 0 Å². The molecule has 1 radical (unpaired) electrons. The van der Waals surface area contributed by atoms with Gasteiger partial charge in [-0.15, -0.1) is 5.06 Å². The maximum atomic E-state index is 10.5. The van der Waals surface area contributed by atoms with E-state index >= 15 is 0 Å². The minimum atomic E-state index is -0.448. The number of hydrogen-bond donors (Lipinski definition) is 0. The standard InChI is InChI=1S/C7H12NO3/c1-3-4-5-11-8(6-9)7(2)10/h3-5H2,1-2H3. The quantitative estimate of drug-likeness (QED) is 0.335. The Morgan fingerprint density at radius 1 is 1.64 bits per heavy atom. The number of hydroxylamine groups is 2. The van der Waals surface area contributed by atoms with Gasteiger partial charge in [0, 0.05) is 6.92 Å². The van der Waals surface area contributed by atoms with Gasteiger partial charge in [-0.1, -0.05) is 13.3 Å². The van der Waals surface area contributed by atoms with Crippen LogP contribution in [0.1, 0.15) is 26.7 Å². The van der Waals surface area contributed by atoms with E-state index in [4.69, 9.17) is 4.84 Å². The summed E-state index contributed by atoms with van der Waals surface area (Å²) >= 11 is 0. The Bertz CT molecular complexity index is 136. The van der Waals surface area contributed by atoms with Gasteiger partial charge >= 0.3 is 6.41 Å². The third-order valence-electron chi connectivity index (χ3n) is 1.09. The highest BCUT2D eigenvalue weighted by Crippen LogP contribution is 1.92. The molecular formula is C7H12NO3. The first-order chi connectivity index (χ1) is 5.22. The normalized spacial score (nSPS) is 9.27. The average Bonchev–Trinajstić information content (AvgIpc) is 1.97. The smallest absolute Gasteiger partial charge is 0.272 e. The molecule has 0 aliphatic rings. The van der Waals surface area contributed by atoms with Crippen molar-refractivity contribution < 1.29 is 14.4 Å². The van der Waals surface area contributed by atoms with Crippen LogP contribution in [0.3, 0.4) is 0 Å². The zero-order valence-corrected chi connectivity index (χ0v) is 6.79. The molecule has 0 heterocycles. The summed E-state index contributed by atoms with van der Waals surface area (Å²) in [4.78, 5) is 25.3. The first-order valence-corrected chi connectivity index (χ1v) is 3.53. The van der Waals surface area contributed by atoms with Gasteiger partial charge in [0.25, 0.3) is 5.91 Å². The van der Waals surface area contributed by atoms with Crippen LogP contribution in [0.4, 0.5) is 0 Å². The van der Waals surface area contributed by atoms with E-state index in [1.165, 1.54) is 13.3 Å². The van der Waals surface area contributed by atoms with E-state index in [1.807, 2.05) is 6.92 Å². The van der Waals surface area contributed by atoms with Crippen molar-refractivity contribution in [2.24, 2.45) is 0 Å². The van der Waals surface area contributed by atoms with Crippen LogP contribution in [0.2, 0.25) is 0 Å². The van der Waals surface area contributed by atoms with E-state index in [0.29, 0.717) is 11.7 Å². The SMILES string of the molecule is CCCCON([C]=O)C(C)=O. The summed E-state index contributed by atoms with van der Waals surface area (Å²) in [6.07, 6.45) is 3.16. The summed E-state index contributed by atoms with van der Waals surface area (Å²) in [5.41, 5.74) is 0. The molecular weight excluding hydrogens is 146 g/mol. The second kappa shape index (κ2) is 5.85. The van der Waals surface area contributed by atoms with Gasteiger partial charge in [-0.05, 0) is 6.42 Å². The summed E-state index contributed by atoms with van der Waals surface area (Å²) in [7, 11) is 0. The highest BCUT2D eigenvalue weighted by atomic mass is 16.7. The van der Waals surface area contributed by atoms with Crippen molar-refractivity contribution >= 4 is 12.3 Å². The van der Waals surface area contributed by atoms with E-state index in [9.17, 15) is 9.59 Å². The number of imide groups is 1. The molecule has 0 rings (SSSR count). The van der Waals surface area contributed by atoms with Crippen LogP contribution in [0.25, 0.3) is 0 Å². The molecule has 4 heteroatoms. The predicted octanol–water partition coefficient (Wildman–Crippen LogP) is 0.634. The zero-order chi connectivity index (χ0) is 8.69. The van der Waals surface area contributed by atoms with Crippen LogP contribution in [-0.2, 0) is 14.4 Å². The van der Waals surface area contributed by atoms with Gasteiger partial charge in [-0.3, -0.25) is 14.4 Å². The largest absolute Gasteiger partial charge is 0.345 e. The van der Waals surface area contributed by atoms with Crippen molar-refractivity contribution in [1.82, 2.24) is 5.06 Å². The van der Waals surface area contributed by atoms with Gasteiger partial charge in [0.05, 0.1) is 6.61 Å². The third kappa shape index (κ3) is 4.50. The van der Waals surface area contributed by atoms with E-state index < -0.39 is 5.91 Å². The number of rotatable bonds is 5. The Labute approximate surface area is 66.1 Å². The number of carbonyl (C=O) groups excluding carboxylic acids is 2. The maximum Gasteiger partial charge on any atom is 0.345 e. The minimum absolute atomic E-state index is 0.380. The highest BCUT2D eigenvalue weighted by Gasteiger charge is 2.07. The lowest BCUT2D eigenvalue weighted by Crippen LogP contribution is -2.27. The van der Waals surface area contributed by atoms with Crippen LogP contribution < -0.4 is 0 Å². The Hall–Kier alpha value is -0.900. The Morgan fingerprint density at radius 3 is 2.64 bits per heavy atom. The highest BCUT2D eigenvalue weighted by molar-refractivity contribution is 5.82. The lowest BCUT2D eigenvalue weighted by atomic mass is 10.4. The second-order valence-electron chi connectivity index (χ2n) is 2.09. The minimum Gasteiger partial charge on any atom is -0.272 e. The van der Waals surface area contributed by atoms with Crippen molar-refractivity contribution in [3.63, 3.8) is 0 Å². The third-order valence-corrected chi connectivity index (χ3v) is 1.09. The molecule has 0 spiro atoms. The van der Waals surface area contributed by atoms with Crippen molar-refractivity contribution in [2.45, 2.75) is 26.7 Å². The molecule has 0 aromatic carbocycles. The van der Waals surface area contributed by atoms with Crippen LogP contribution in [-0.4, -0.2) is 24.0 Å². The van der Waals surface area contributed by atoms with Gasteiger partial charge in [0.2, 0.25) is 0 Å². The maximum absolute atomic E-state index is 10.5. The van der Waals surface area contributed by atoms with Gasteiger partial charge in [0.1, 0.15) is 0 Å². The Balaban J connectivity index is 3.52. The summed E-state index contributed by atoms with van der Waals surface area (Å²) in [6.45, 7) is 3.62. The molecule has 0 aromatic rings. The molecule has 0 saturated heterocycles. The Kier molecular flexibility index (Phi) is 5.37. The van der Waals surface area contributed by atoms with Crippen molar-refractivity contribution in [3.05, 3.63) is 0 Å². The molecule has 0 saturated carbocycles. The second-order valence-corrected chi connectivity index (χ2v) is 2.09. The zero-order valence-electron chi connectivity index (χ0n) is 6.79. The van der Waals surface area contributed by atoms with Crippen LogP contribution in [0.15, 0.2) is 0 Å². The van der Waals surface area contributed by atoms with Crippen LogP contribution >= 0.6 is 0 Å². The van der Waals surface area contributed by atoms with Crippen LogP contribution in [0, 0.1) is 0 Å². The molecule has 0 unspecified atom stereocenters. The number of amides is 2. The molecule has 0 aliphatic carbocycles. The van der Waals surface area contributed by atoms with E-state index in [0.717, 1.165) is 12.8 Å². The average molecular weight is 158 g/mol. The van der Waals surface area contributed by atoms with Crippen molar-refractivity contribution in [3.8, 4) is 0 Å². The fourth-order valence-electron chi connectivity index (χ4n) is 0.482. The molecule has 63 valence electrons. The number of unbranched alkanes of at least 4 members (excludes halogenated alkanes) is 1. The monoisotopic (exact) mass is 158 g/mol. The summed E-state index contributed by atoms with van der Waals surface area (Å²) < 4.78 is 0. The molecule has 0 atom stereocenters. The van der Waals surface area contributed by atoms with Gasteiger partial charge < -0.3 is 0 Å². The number of carbonyl (C=O) groups is 1. The molecule has 0 aromatic heterocycles. The van der Waals surface area contributed by atoms with Crippen LogP contribution in [0.5, 0.6) is 0 Å². The predicted molar refractivity (Wildman–Crippen MR) is 39.1 cm³/mol. The molecule has 0 N–H and O–H groups in total. The summed E-state index contributed by atoms with van der Waals surface area (Å²) in [5, 5.41) is 0.579. The molecule has 0 aliphatic heterocycles. The van der Waals surface area contributed by atoms with E-state index in [-0.39, 0.29) is 0 Å². The molecule has 0 fully saturated rings. The number of nitrogens with zero attached hydrogens (tertiary/aromatic N) is 1. The molecule has 2 amide bonds. The van der Waals surface area contributed by atoms with E-state index in [2.05, 4.69) is 0 Å². The van der Waals surface area contributed by atoms with Gasteiger partial charge in [0.15, 0.2) is 0 Å². The fraction of sp³-hybridized carbons (Fsp3) is 0.714. The molecule has 11 heavy (non-hydrogen) atoms. The number of hydrogen-bond acceptors (Lipinski definition) is 3. The van der Waals surface area contributed by atoms with Gasteiger partial charge in [-0.25, -0.2) is 0 Å². The Morgan fingerprint density at radius 2 is 2.27 bits per heavy atom. The van der Waals surface area contributed by atoms with Crippen molar-refractivity contribution in [1.29, 1.82) is 0 Å². The first-order valence-electron chi connectivity index (χ1n) is 3.53. The summed E-state index contributed by atoms with van der Waals surface area (Å²) in [6, 6.07) is 0. The summed E-state index contributed by atoms with van der Waals surface area (Å²) in [5.74, 6) is -0.448. The molecule has 0 bridgehead atoms.